The van der Waals surface area contributed by atoms with E-state index in [4.69, 9.17) is 0 Å². The summed E-state index contributed by atoms with van der Waals surface area (Å²) in [4.78, 5) is 20.1. The van der Waals surface area contributed by atoms with Crippen molar-refractivity contribution in [1.29, 1.82) is 0 Å². The Morgan fingerprint density at radius 2 is 1.75 bits per heavy atom. The van der Waals surface area contributed by atoms with Crippen molar-refractivity contribution in [3.8, 4) is 0 Å². The number of carbonyl (C=O) groups excluding carboxylic acids is 1. The number of hydrogen-bond acceptors (Lipinski definition) is 4. The van der Waals surface area contributed by atoms with Gasteiger partial charge in [0, 0.05) is 28.9 Å². The van der Waals surface area contributed by atoms with Gasteiger partial charge in [-0.05, 0) is 75.0 Å². The molecule has 174 valence electrons. The van der Waals surface area contributed by atoms with Gasteiger partial charge in [0.25, 0.3) is 0 Å². The average Bonchev–Trinajstić information content (AvgIpc) is 3.24. The quantitative estimate of drug-likeness (QED) is 0.517. The lowest BCUT2D eigenvalue weighted by Gasteiger charge is -2.39. The van der Waals surface area contributed by atoms with Gasteiger partial charge in [0.05, 0.1) is 17.8 Å². The van der Waals surface area contributed by atoms with Crippen LogP contribution in [0.15, 0.2) is 52.3 Å². The minimum Gasteiger partial charge on any atom is -0.356 e. The molecule has 1 N–H and O–H groups in total. The number of hydrogen-bond donors (Lipinski definition) is 1. The molecule has 2 heterocycles. The van der Waals surface area contributed by atoms with Gasteiger partial charge in [-0.3, -0.25) is 4.79 Å². The summed E-state index contributed by atoms with van der Waals surface area (Å²) in [5, 5.41) is 3.08. The molecule has 1 amide bonds. The number of fused-ring (bicyclic) bond motifs is 2. The van der Waals surface area contributed by atoms with Crippen molar-refractivity contribution < 1.29 is 4.79 Å². The molecule has 0 bridgehead atoms. The maximum Gasteiger partial charge on any atom is 0.224 e. The summed E-state index contributed by atoms with van der Waals surface area (Å²) in [7, 11) is 0. The average molecular weight is 474 g/mol. The first-order chi connectivity index (χ1) is 15.0. The van der Waals surface area contributed by atoms with Crippen LogP contribution < -0.4 is 10.2 Å². The van der Waals surface area contributed by atoms with Crippen LogP contribution in [0, 0.1) is 5.92 Å². The molecule has 1 saturated heterocycles. The van der Waals surface area contributed by atoms with E-state index in [0.717, 1.165) is 25.1 Å². The van der Waals surface area contributed by atoms with Gasteiger partial charge in [0.15, 0.2) is 0 Å². The van der Waals surface area contributed by atoms with Gasteiger partial charge in [0.1, 0.15) is 0 Å². The summed E-state index contributed by atoms with van der Waals surface area (Å²) in [6.07, 6.45) is 4.08. The monoisotopic (exact) mass is 473 g/mol. The Hall–Kier alpha value is -1.69. The van der Waals surface area contributed by atoms with Crippen molar-refractivity contribution >= 4 is 41.5 Å². The van der Waals surface area contributed by atoms with Crippen LogP contribution in [0.25, 0.3) is 0 Å². The number of carbonyl (C=O) groups is 1. The van der Waals surface area contributed by atoms with Crippen LogP contribution in [-0.4, -0.2) is 43.0 Å². The standard InChI is InChI=1S/C26H35N3OS.ClH/c1-19(2)12-13-27-26(30)17-21-10-11-25-23(16-21)29(20(3)18-28-14-6-7-15-28)22-8-4-5-9-24(22)31-25;/h4-5,8-11,16,19-20H,6-7,12-15,17-18H2,1-3H3,(H,27,30);1H. The summed E-state index contributed by atoms with van der Waals surface area (Å²) in [5.74, 6) is 0.716. The minimum atomic E-state index is 0. The second kappa shape index (κ2) is 11.4. The van der Waals surface area contributed by atoms with Crippen LogP contribution in [0.1, 0.15) is 45.6 Å². The highest BCUT2D eigenvalue weighted by Crippen LogP contribution is 2.49. The smallest absolute Gasteiger partial charge is 0.224 e. The van der Waals surface area contributed by atoms with Gasteiger partial charge in [-0.1, -0.05) is 43.8 Å². The van der Waals surface area contributed by atoms with Crippen LogP contribution >= 0.6 is 24.2 Å². The molecular weight excluding hydrogens is 438 g/mol. The Morgan fingerprint density at radius 1 is 1.03 bits per heavy atom. The van der Waals surface area contributed by atoms with E-state index in [1.807, 2.05) is 11.8 Å². The summed E-state index contributed by atoms with van der Waals surface area (Å²) >= 11 is 1.84. The van der Waals surface area contributed by atoms with E-state index in [9.17, 15) is 4.79 Å². The van der Waals surface area contributed by atoms with Crippen molar-refractivity contribution in [2.24, 2.45) is 5.92 Å². The highest BCUT2D eigenvalue weighted by atomic mass is 35.5. The van der Waals surface area contributed by atoms with E-state index in [0.29, 0.717) is 18.4 Å². The van der Waals surface area contributed by atoms with Gasteiger partial charge in [0.2, 0.25) is 5.91 Å². The summed E-state index contributed by atoms with van der Waals surface area (Å²) in [5.41, 5.74) is 3.60. The SMILES string of the molecule is CC(C)CCNC(=O)Cc1ccc2c(c1)N(C(C)CN1CCCC1)c1ccccc1S2.Cl. The van der Waals surface area contributed by atoms with Crippen LogP contribution in [0.5, 0.6) is 0 Å². The van der Waals surface area contributed by atoms with Crippen LogP contribution in [0.2, 0.25) is 0 Å². The number of likely N-dealkylation sites (tertiary alicyclic amines) is 1. The molecule has 4 rings (SSSR count). The lowest BCUT2D eigenvalue weighted by molar-refractivity contribution is -0.120. The molecule has 0 aliphatic carbocycles. The molecule has 0 spiro atoms. The maximum absolute atomic E-state index is 12.5. The first-order valence-corrected chi connectivity index (χ1v) is 12.5. The fraction of sp³-hybridized carbons (Fsp3) is 0.500. The first kappa shape index (κ1) is 24.9. The molecule has 1 unspecified atom stereocenters. The third-order valence-corrected chi connectivity index (χ3v) is 7.33. The van der Waals surface area contributed by atoms with Gasteiger partial charge < -0.3 is 15.1 Å². The molecule has 6 heteroatoms. The van der Waals surface area contributed by atoms with Crippen molar-refractivity contribution in [3.05, 3.63) is 48.0 Å². The fourth-order valence-corrected chi connectivity index (χ4v) is 5.63. The number of anilines is 2. The van der Waals surface area contributed by atoms with Crippen LogP contribution in [0.3, 0.4) is 0 Å². The number of nitrogens with one attached hydrogen (secondary N) is 1. The van der Waals surface area contributed by atoms with E-state index in [1.165, 1.54) is 47.1 Å². The van der Waals surface area contributed by atoms with E-state index in [2.05, 4.69) is 78.4 Å². The van der Waals surface area contributed by atoms with E-state index < -0.39 is 0 Å². The van der Waals surface area contributed by atoms with Gasteiger partial charge in [-0.25, -0.2) is 0 Å². The second-order valence-electron chi connectivity index (χ2n) is 9.31. The van der Waals surface area contributed by atoms with Crippen molar-refractivity contribution in [3.63, 3.8) is 0 Å². The van der Waals surface area contributed by atoms with Crippen LogP contribution in [-0.2, 0) is 11.2 Å². The predicted molar refractivity (Wildman–Crippen MR) is 138 cm³/mol. The normalized spacial score (nSPS) is 16.3. The molecule has 4 nitrogen and oxygen atoms in total. The Kier molecular flexibility index (Phi) is 8.92. The molecule has 0 aromatic heterocycles. The Bertz CT molecular complexity index is 914. The van der Waals surface area contributed by atoms with Crippen molar-refractivity contribution in [2.75, 3.05) is 31.1 Å². The first-order valence-electron chi connectivity index (χ1n) is 11.7. The number of benzene rings is 2. The van der Waals surface area contributed by atoms with Crippen molar-refractivity contribution in [1.82, 2.24) is 10.2 Å². The zero-order valence-electron chi connectivity index (χ0n) is 19.5. The highest BCUT2D eigenvalue weighted by molar-refractivity contribution is 7.99. The third kappa shape index (κ3) is 6.00. The number of amides is 1. The molecule has 0 radical (unpaired) electrons. The molecular formula is C26H36ClN3OS. The Morgan fingerprint density at radius 3 is 2.50 bits per heavy atom. The molecule has 2 aromatic carbocycles. The summed E-state index contributed by atoms with van der Waals surface area (Å²) < 4.78 is 0. The van der Waals surface area contributed by atoms with Crippen LogP contribution in [0.4, 0.5) is 11.4 Å². The third-order valence-electron chi connectivity index (χ3n) is 6.20. The molecule has 2 aliphatic rings. The molecule has 1 fully saturated rings. The van der Waals surface area contributed by atoms with Gasteiger partial charge >= 0.3 is 0 Å². The predicted octanol–water partition coefficient (Wildman–Crippen LogP) is 5.90. The Labute approximate surface area is 203 Å². The number of para-hydroxylation sites is 1. The highest BCUT2D eigenvalue weighted by Gasteiger charge is 2.29. The number of nitrogens with zero attached hydrogens (tertiary/aromatic N) is 2. The van der Waals surface area contributed by atoms with Gasteiger partial charge in [-0.15, -0.1) is 12.4 Å². The summed E-state index contributed by atoms with van der Waals surface area (Å²) in [6.45, 7) is 10.9. The van der Waals surface area contributed by atoms with E-state index in [1.54, 1.807) is 0 Å². The second-order valence-corrected chi connectivity index (χ2v) is 10.4. The van der Waals surface area contributed by atoms with Gasteiger partial charge in [-0.2, -0.15) is 0 Å². The Balaban J connectivity index is 0.00000289. The molecule has 2 aromatic rings. The maximum atomic E-state index is 12.5. The molecule has 2 aliphatic heterocycles. The fourth-order valence-electron chi connectivity index (χ4n) is 4.58. The minimum absolute atomic E-state index is 0. The largest absolute Gasteiger partial charge is 0.356 e. The van der Waals surface area contributed by atoms with E-state index in [-0.39, 0.29) is 18.3 Å². The number of halogens is 1. The summed E-state index contributed by atoms with van der Waals surface area (Å²) in [6, 6.07) is 15.6. The molecule has 0 saturated carbocycles. The lowest BCUT2D eigenvalue weighted by Crippen LogP contribution is -2.40. The van der Waals surface area contributed by atoms with E-state index >= 15 is 0 Å². The zero-order valence-corrected chi connectivity index (χ0v) is 21.1. The number of rotatable bonds is 8. The topological polar surface area (TPSA) is 35.6 Å². The van der Waals surface area contributed by atoms with Crippen molar-refractivity contribution in [2.45, 2.75) is 62.3 Å². The lowest BCUT2D eigenvalue weighted by atomic mass is 10.1. The molecule has 32 heavy (non-hydrogen) atoms. The zero-order chi connectivity index (χ0) is 21.8. The molecule has 1 atom stereocenters.